The van der Waals surface area contributed by atoms with Gasteiger partial charge in [-0.3, -0.25) is 9.59 Å². The molecule has 6 rings (SSSR count). The summed E-state index contributed by atoms with van der Waals surface area (Å²) in [6.07, 6.45) is 3.37. The minimum absolute atomic E-state index is 0.110. The Kier molecular flexibility index (Phi) is 9.00. The highest BCUT2D eigenvalue weighted by Crippen LogP contribution is 2.25. The van der Waals surface area contributed by atoms with Crippen LogP contribution in [0.3, 0.4) is 0 Å². The van der Waals surface area contributed by atoms with Crippen LogP contribution in [0.15, 0.2) is 73.1 Å². The van der Waals surface area contributed by atoms with E-state index in [9.17, 15) is 14.7 Å². The van der Waals surface area contributed by atoms with Gasteiger partial charge in [0.25, 0.3) is 11.8 Å². The Morgan fingerprint density at radius 1 is 0.738 bits per heavy atom. The minimum Gasteiger partial charge on any atom is -0.392 e. The van der Waals surface area contributed by atoms with Crippen LogP contribution in [0.2, 0.25) is 0 Å². The van der Waals surface area contributed by atoms with E-state index >= 15 is 0 Å². The van der Waals surface area contributed by atoms with E-state index in [4.69, 9.17) is 23.1 Å². The van der Waals surface area contributed by atoms with Crippen molar-refractivity contribution in [2.24, 2.45) is 11.5 Å². The molecule has 0 radical (unpaired) electrons. The van der Waals surface area contributed by atoms with E-state index in [-0.39, 0.29) is 18.0 Å². The van der Waals surface area contributed by atoms with Gasteiger partial charge in [-0.15, -0.1) is 11.6 Å². The van der Waals surface area contributed by atoms with E-state index < -0.39 is 11.8 Å². The first-order chi connectivity index (χ1) is 20.2. The van der Waals surface area contributed by atoms with Crippen LogP contribution in [0.25, 0.3) is 33.4 Å². The molecule has 0 aliphatic heterocycles. The molecule has 42 heavy (non-hydrogen) atoms. The lowest BCUT2D eigenvalue weighted by atomic mass is 10.1. The number of alkyl halides is 1. The van der Waals surface area contributed by atoms with Gasteiger partial charge in [0.15, 0.2) is 23.0 Å². The monoisotopic (exact) mass is 806 g/mol. The molecule has 4 heterocycles. The van der Waals surface area contributed by atoms with Gasteiger partial charge in [0.05, 0.1) is 17.6 Å². The van der Waals surface area contributed by atoms with Gasteiger partial charge in [0, 0.05) is 36.2 Å². The van der Waals surface area contributed by atoms with E-state index in [1.54, 1.807) is 40.0 Å². The molecule has 0 spiro atoms. The fraction of sp³-hybridized carbons (Fsp3) is 0.0714. The van der Waals surface area contributed by atoms with Crippen LogP contribution < -0.4 is 11.5 Å². The topological polar surface area (TPSA) is 168 Å². The second-order valence-electron chi connectivity index (χ2n) is 8.91. The van der Waals surface area contributed by atoms with Gasteiger partial charge in [0.1, 0.15) is 0 Å². The fourth-order valence-electron chi connectivity index (χ4n) is 4.24. The van der Waals surface area contributed by atoms with Crippen LogP contribution in [0.1, 0.15) is 32.1 Å². The van der Waals surface area contributed by atoms with Gasteiger partial charge in [-0.25, -0.2) is 19.3 Å². The molecule has 5 N–H and O–H groups in total. The van der Waals surface area contributed by atoms with Gasteiger partial charge < -0.3 is 16.6 Å². The molecular formula is C28H21ClI2N8O3. The van der Waals surface area contributed by atoms with Crippen LogP contribution in [-0.2, 0) is 12.5 Å². The SMILES string of the molecule is NC(=O)c1nn(-c2cc(I)ccn2)c2ccc(CCl)cc12.NC(=O)c1nn(-c2cc(I)ccn2)c2ccc(CO)cc12. The first-order valence-electron chi connectivity index (χ1n) is 12.2. The molecule has 0 aliphatic carbocycles. The number of benzene rings is 2. The summed E-state index contributed by atoms with van der Waals surface area (Å²) in [7, 11) is 0. The van der Waals surface area contributed by atoms with Crippen molar-refractivity contribution in [1.29, 1.82) is 0 Å². The molecule has 0 atom stereocenters. The van der Waals surface area contributed by atoms with Crippen LogP contribution in [-0.4, -0.2) is 46.4 Å². The highest BCUT2D eigenvalue weighted by Gasteiger charge is 2.18. The number of nitrogens with zero attached hydrogens (tertiary/aromatic N) is 6. The number of aromatic nitrogens is 6. The molecule has 0 saturated carbocycles. The quantitative estimate of drug-likeness (QED) is 0.165. The zero-order valence-corrected chi connectivity index (χ0v) is 26.6. The number of hydrogen-bond acceptors (Lipinski definition) is 7. The van der Waals surface area contributed by atoms with Crippen LogP contribution in [0.4, 0.5) is 0 Å². The summed E-state index contributed by atoms with van der Waals surface area (Å²) in [5.74, 6) is 0.422. The first kappa shape index (κ1) is 29.8. The molecule has 0 bridgehead atoms. The molecule has 0 fully saturated rings. The summed E-state index contributed by atoms with van der Waals surface area (Å²) in [5, 5.41) is 19.1. The number of carbonyl (C=O) groups is 2. The normalized spacial score (nSPS) is 11.0. The number of hydrogen-bond donors (Lipinski definition) is 3. The number of halogens is 3. The third-order valence-electron chi connectivity index (χ3n) is 6.14. The maximum absolute atomic E-state index is 11.6. The number of carbonyl (C=O) groups excluding carboxylic acids is 2. The highest BCUT2D eigenvalue weighted by atomic mass is 127. The molecule has 0 aliphatic rings. The number of nitrogens with two attached hydrogens (primary N) is 2. The smallest absolute Gasteiger partial charge is 0.269 e. The van der Waals surface area contributed by atoms with E-state index in [1.165, 1.54) is 0 Å². The van der Waals surface area contributed by atoms with Gasteiger partial charge >= 0.3 is 0 Å². The molecule has 6 aromatic rings. The van der Waals surface area contributed by atoms with Crippen LogP contribution in [0, 0.1) is 7.14 Å². The summed E-state index contributed by atoms with van der Waals surface area (Å²) >= 11 is 10.2. The maximum atomic E-state index is 11.6. The predicted molar refractivity (Wildman–Crippen MR) is 176 cm³/mol. The molecule has 4 aromatic heterocycles. The molecule has 0 unspecified atom stereocenters. The van der Waals surface area contributed by atoms with E-state index in [0.29, 0.717) is 33.9 Å². The standard InChI is InChI=1S/C14H10ClIN4O.C14H11IN4O2/c15-7-8-1-2-11-10(5-8)13(14(17)21)19-20(11)12-6-9(16)3-4-18-12;15-9-3-4-17-12(6-9)19-11-2-1-8(7-20)5-10(11)13(18-19)14(16)21/h1-6H,7H2,(H2,17,21);1-6,20H,7H2,(H2,16,21). The van der Waals surface area contributed by atoms with E-state index in [2.05, 4.69) is 65.3 Å². The Balaban J connectivity index is 0.000000168. The number of fused-ring (bicyclic) bond motifs is 2. The third kappa shape index (κ3) is 6.08. The van der Waals surface area contributed by atoms with Crippen molar-refractivity contribution in [2.75, 3.05) is 0 Å². The molecule has 2 amide bonds. The maximum Gasteiger partial charge on any atom is 0.269 e. The van der Waals surface area contributed by atoms with Gasteiger partial charge in [-0.2, -0.15) is 10.2 Å². The number of amides is 2. The molecule has 11 nitrogen and oxygen atoms in total. The summed E-state index contributed by atoms with van der Waals surface area (Å²) in [6.45, 7) is -0.110. The second-order valence-corrected chi connectivity index (χ2v) is 11.7. The lowest BCUT2D eigenvalue weighted by Crippen LogP contribution is -2.12. The Morgan fingerprint density at radius 3 is 1.60 bits per heavy atom. The number of aliphatic hydroxyl groups is 1. The van der Waals surface area contributed by atoms with Crippen molar-refractivity contribution in [3.05, 3.63) is 103 Å². The number of primary amides is 2. The van der Waals surface area contributed by atoms with Crippen molar-refractivity contribution in [1.82, 2.24) is 29.5 Å². The lowest BCUT2D eigenvalue weighted by molar-refractivity contribution is 0.0988. The van der Waals surface area contributed by atoms with E-state index in [1.807, 2.05) is 42.5 Å². The Morgan fingerprint density at radius 2 is 1.19 bits per heavy atom. The largest absolute Gasteiger partial charge is 0.392 e. The molecule has 14 heteroatoms. The third-order valence-corrected chi connectivity index (χ3v) is 7.79. The minimum atomic E-state index is -0.612. The first-order valence-corrected chi connectivity index (χ1v) is 14.9. The van der Waals surface area contributed by atoms with Crippen LogP contribution >= 0.6 is 56.8 Å². The van der Waals surface area contributed by atoms with Crippen molar-refractivity contribution in [2.45, 2.75) is 12.5 Å². The number of pyridine rings is 2. The summed E-state index contributed by atoms with van der Waals surface area (Å²) < 4.78 is 5.24. The predicted octanol–water partition coefficient (Wildman–Crippen LogP) is 4.48. The average molecular weight is 807 g/mol. The van der Waals surface area contributed by atoms with Crippen LogP contribution in [0.5, 0.6) is 0 Å². The fourth-order valence-corrected chi connectivity index (χ4v) is 5.29. The molecular weight excluding hydrogens is 786 g/mol. The lowest BCUT2D eigenvalue weighted by Gasteiger charge is -2.03. The number of aliphatic hydroxyl groups excluding tert-OH is 1. The molecule has 2 aromatic carbocycles. The van der Waals surface area contributed by atoms with Gasteiger partial charge in [-0.05, 0) is 105 Å². The Bertz CT molecular complexity index is 1830. The van der Waals surface area contributed by atoms with Crippen molar-refractivity contribution >= 4 is 90.4 Å². The summed E-state index contributed by atoms with van der Waals surface area (Å²) in [5.41, 5.74) is 14.3. The number of rotatable bonds is 6. The Labute approximate surface area is 271 Å². The van der Waals surface area contributed by atoms with E-state index in [0.717, 1.165) is 23.7 Å². The zero-order chi connectivity index (χ0) is 30.0. The van der Waals surface area contributed by atoms with Gasteiger partial charge in [0.2, 0.25) is 0 Å². The van der Waals surface area contributed by atoms with Crippen molar-refractivity contribution in [3.63, 3.8) is 0 Å². The molecule has 212 valence electrons. The summed E-state index contributed by atoms with van der Waals surface area (Å²) in [4.78, 5) is 31.8. The Hall–Kier alpha value is -3.67. The van der Waals surface area contributed by atoms with Gasteiger partial charge in [-0.1, -0.05) is 12.1 Å². The second kappa shape index (κ2) is 12.7. The zero-order valence-electron chi connectivity index (χ0n) is 21.6. The summed E-state index contributed by atoms with van der Waals surface area (Å²) in [6, 6.07) is 18.4. The molecule has 0 saturated heterocycles. The average Bonchev–Trinajstić information content (AvgIpc) is 3.56. The van der Waals surface area contributed by atoms with Crippen molar-refractivity contribution in [3.8, 4) is 11.6 Å². The highest BCUT2D eigenvalue weighted by molar-refractivity contribution is 14.1. The van der Waals surface area contributed by atoms with Crippen molar-refractivity contribution < 1.29 is 14.7 Å².